The summed E-state index contributed by atoms with van der Waals surface area (Å²) in [5.74, 6) is -1.24. The molecule has 1 unspecified atom stereocenters. The summed E-state index contributed by atoms with van der Waals surface area (Å²) in [4.78, 5) is 11.2. The molecule has 1 N–H and O–H groups in total. The summed E-state index contributed by atoms with van der Waals surface area (Å²) in [7, 11) is 0. The molecule has 0 radical (unpaired) electrons. The molecule has 0 aromatic heterocycles. The van der Waals surface area contributed by atoms with E-state index in [-0.39, 0.29) is 12.0 Å². The van der Waals surface area contributed by atoms with Crippen molar-refractivity contribution in [3.8, 4) is 0 Å². The third kappa shape index (κ3) is 1.86. The standard InChI is InChI=1S/C11H7Cl2F3O2/c12-10(13)5-9(10,8(17)18)6-1-3-7(4-2-6)11(14,15)16/h1-4H,5H2,(H,17,18). The molecule has 2 rings (SSSR count). The number of rotatable bonds is 2. The summed E-state index contributed by atoms with van der Waals surface area (Å²) in [5, 5.41) is 9.13. The van der Waals surface area contributed by atoms with Gasteiger partial charge in [-0.3, -0.25) is 4.79 Å². The molecule has 2 nitrogen and oxygen atoms in total. The van der Waals surface area contributed by atoms with E-state index in [0.29, 0.717) is 0 Å². The van der Waals surface area contributed by atoms with Gasteiger partial charge in [-0.25, -0.2) is 0 Å². The van der Waals surface area contributed by atoms with Crippen molar-refractivity contribution in [3.05, 3.63) is 35.4 Å². The van der Waals surface area contributed by atoms with Crippen molar-refractivity contribution in [2.24, 2.45) is 0 Å². The zero-order chi connectivity index (χ0) is 13.8. The van der Waals surface area contributed by atoms with Gasteiger partial charge < -0.3 is 5.11 Å². The van der Waals surface area contributed by atoms with Crippen LogP contribution in [0, 0.1) is 0 Å². The highest BCUT2D eigenvalue weighted by atomic mass is 35.5. The molecule has 0 heterocycles. The maximum absolute atomic E-state index is 12.4. The number of carboxylic acids is 1. The second-order valence-electron chi connectivity index (χ2n) is 4.17. The Morgan fingerprint density at radius 3 is 1.94 bits per heavy atom. The third-order valence-corrected chi connectivity index (χ3v) is 3.97. The van der Waals surface area contributed by atoms with Crippen LogP contribution in [0.5, 0.6) is 0 Å². The number of hydrogen-bond acceptors (Lipinski definition) is 1. The Kier molecular flexibility index (Phi) is 2.83. The van der Waals surface area contributed by atoms with Gasteiger partial charge >= 0.3 is 12.1 Å². The predicted molar refractivity (Wildman–Crippen MR) is 59.8 cm³/mol. The van der Waals surface area contributed by atoms with Gasteiger partial charge in [0.15, 0.2) is 0 Å². The number of carbonyl (C=O) groups is 1. The second-order valence-corrected chi connectivity index (χ2v) is 5.65. The molecule has 98 valence electrons. The average Bonchev–Trinajstić information content (AvgIpc) is 2.82. The molecule has 1 saturated carbocycles. The number of carboxylic acid groups (broad SMARTS) is 1. The van der Waals surface area contributed by atoms with Crippen LogP contribution in [-0.4, -0.2) is 15.4 Å². The summed E-state index contributed by atoms with van der Waals surface area (Å²) in [6, 6.07) is 3.84. The first kappa shape index (κ1) is 13.5. The zero-order valence-electron chi connectivity index (χ0n) is 8.76. The van der Waals surface area contributed by atoms with Gasteiger partial charge in [0.25, 0.3) is 0 Å². The molecular weight excluding hydrogens is 292 g/mol. The largest absolute Gasteiger partial charge is 0.480 e. The van der Waals surface area contributed by atoms with Crippen LogP contribution in [0.3, 0.4) is 0 Å². The van der Waals surface area contributed by atoms with E-state index >= 15 is 0 Å². The van der Waals surface area contributed by atoms with Crippen molar-refractivity contribution in [1.82, 2.24) is 0 Å². The van der Waals surface area contributed by atoms with Gasteiger partial charge in [0.2, 0.25) is 0 Å². The molecule has 7 heteroatoms. The Labute approximate surface area is 110 Å². The number of alkyl halides is 5. The van der Waals surface area contributed by atoms with Gasteiger partial charge in [-0.15, -0.1) is 0 Å². The van der Waals surface area contributed by atoms with Crippen LogP contribution in [0.15, 0.2) is 24.3 Å². The number of benzene rings is 1. The molecule has 18 heavy (non-hydrogen) atoms. The van der Waals surface area contributed by atoms with Gasteiger partial charge in [-0.1, -0.05) is 35.3 Å². The van der Waals surface area contributed by atoms with E-state index in [0.717, 1.165) is 24.3 Å². The van der Waals surface area contributed by atoms with E-state index < -0.39 is 27.5 Å². The highest BCUT2D eigenvalue weighted by molar-refractivity contribution is 6.54. The number of hydrogen-bond donors (Lipinski definition) is 1. The molecule has 0 aliphatic heterocycles. The second kappa shape index (κ2) is 3.78. The number of aliphatic carboxylic acids is 1. The zero-order valence-corrected chi connectivity index (χ0v) is 10.3. The van der Waals surface area contributed by atoms with E-state index in [9.17, 15) is 18.0 Å². The third-order valence-electron chi connectivity index (χ3n) is 3.06. The van der Waals surface area contributed by atoms with Crippen molar-refractivity contribution in [1.29, 1.82) is 0 Å². The lowest BCUT2D eigenvalue weighted by molar-refractivity contribution is -0.140. The molecule has 0 spiro atoms. The minimum Gasteiger partial charge on any atom is -0.480 e. The molecule has 1 atom stereocenters. The van der Waals surface area contributed by atoms with Crippen LogP contribution in [-0.2, 0) is 16.4 Å². The Balaban J connectivity index is 2.39. The monoisotopic (exact) mass is 298 g/mol. The van der Waals surface area contributed by atoms with Gasteiger partial charge in [-0.2, -0.15) is 13.2 Å². The van der Waals surface area contributed by atoms with Crippen molar-refractivity contribution in [2.45, 2.75) is 22.3 Å². The molecule has 1 aliphatic carbocycles. The Hall–Kier alpha value is -0.940. The van der Waals surface area contributed by atoms with E-state index in [1.807, 2.05) is 0 Å². The SMILES string of the molecule is O=C(O)C1(c2ccc(C(F)(F)F)cc2)CC1(Cl)Cl. The van der Waals surface area contributed by atoms with Crippen molar-refractivity contribution >= 4 is 29.2 Å². The van der Waals surface area contributed by atoms with Crippen LogP contribution < -0.4 is 0 Å². The molecule has 0 amide bonds. The first-order valence-electron chi connectivity index (χ1n) is 4.90. The fraction of sp³-hybridized carbons (Fsp3) is 0.364. The van der Waals surface area contributed by atoms with Crippen LogP contribution in [0.25, 0.3) is 0 Å². The van der Waals surface area contributed by atoms with Crippen LogP contribution in [0.4, 0.5) is 13.2 Å². The summed E-state index contributed by atoms with van der Waals surface area (Å²) in [6.45, 7) is 0. The first-order chi connectivity index (χ1) is 8.11. The molecule has 1 aromatic rings. The van der Waals surface area contributed by atoms with Crippen LogP contribution >= 0.6 is 23.2 Å². The highest BCUT2D eigenvalue weighted by Gasteiger charge is 2.72. The molecule has 1 fully saturated rings. The molecular formula is C11H7Cl2F3O2. The molecule has 1 aliphatic rings. The molecule has 0 saturated heterocycles. The lowest BCUT2D eigenvalue weighted by atomic mass is 9.95. The normalized spacial score (nSPS) is 25.8. The Morgan fingerprint density at radius 1 is 1.22 bits per heavy atom. The molecule has 0 bridgehead atoms. The summed E-state index contributed by atoms with van der Waals surface area (Å²) >= 11 is 11.6. The van der Waals surface area contributed by atoms with Crippen molar-refractivity contribution in [2.75, 3.05) is 0 Å². The Bertz CT molecular complexity index is 496. The van der Waals surface area contributed by atoms with Gasteiger partial charge in [0, 0.05) is 6.42 Å². The van der Waals surface area contributed by atoms with E-state index in [1.165, 1.54) is 0 Å². The van der Waals surface area contributed by atoms with Gasteiger partial charge in [0.05, 0.1) is 5.56 Å². The van der Waals surface area contributed by atoms with Crippen molar-refractivity contribution in [3.63, 3.8) is 0 Å². The Morgan fingerprint density at radius 2 is 1.67 bits per heavy atom. The lowest BCUT2D eigenvalue weighted by Gasteiger charge is -2.14. The van der Waals surface area contributed by atoms with E-state index in [2.05, 4.69) is 0 Å². The minimum absolute atomic E-state index is 0.0240. The van der Waals surface area contributed by atoms with Crippen LogP contribution in [0.1, 0.15) is 17.5 Å². The van der Waals surface area contributed by atoms with E-state index in [1.54, 1.807) is 0 Å². The fourth-order valence-electron chi connectivity index (χ4n) is 1.90. The maximum atomic E-state index is 12.4. The summed E-state index contributed by atoms with van der Waals surface area (Å²) in [6.07, 6.45) is -4.48. The van der Waals surface area contributed by atoms with Gasteiger partial charge in [-0.05, 0) is 17.7 Å². The highest BCUT2D eigenvalue weighted by Crippen LogP contribution is 2.65. The maximum Gasteiger partial charge on any atom is 0.416 e. The average molecular weight is 299 g/mol. The summed E-state index contributed by atoms with van der Waals surface area (Å²) < 4.78 is 35.6. The van der Waals surface area contributed by atoms with E-state index in [4.69, 9.17) is 28.3 Å². The lowest BCUT2D eigenvalue weighted by Crippen LogP contribution is -2.26. The fourth-order valence-corrected chi connectivity index (χ4v) is 2.68. The minimum atomic E-state index is -4.46. The number of halogens is 5. The summed E-state index contributed by atoms with van der Waals surface area (Å²) in [5.41, 5.74) is -2.18. The van der Waals surface area contributed by atoms with Crippen molar-refractivity contribution < 1.29 is 23.1 Å². The first-order valence-corrected chi connectivity index (χ1v) is 5.66. The smallest absolute Gasteiger partial charge is 0.416 e. The predicted octanol–water partition coefficient (Wildman–Crippen LogP) is 3.61. The quantitative estimate of drug-likeness (QED) is 0.847. The molecule has 1 aromatic carbocycles. The van der Waals surface area contributed by atoms with Gasteiger partial charge in [0.1, 0.15) is 9.75 Å². The van der Waals surface area contributed by atoms with Crippen LogP contribution in [0.2, 0.25) is 0 Å². The topological polar surface area (TPSA) is 37.3 Å².